The third kappa shape index (κ3) is 2.16. The Kier molecular flexibility index (Phi) is 3.14. The highest BCUT2D eigenvalue weighted by atomic mass is 32.2. The lowest BCUT2D eigenvalue weighted by Gasteiger charge is -2.07. The van der Waals surface area contributed by atoms with Crippen LogP contribution in [0.3, 0.4) is 0 Å². The molecule has 2 aromatic rings. The van der Waals surface area contributed by atoms with Gasteiger partial charge in [0.05, 0.1) is 0 Å². The first-order valence-electron chi connectivity index (χ1n) is 4.92. The Balaban J connectivity index is 2.36. The molecule has 0 fully saturated rings. The molecule has 0 atom stereocenters. The Morgan fingerprint density at radius 2 is 2.24 bits per heavy atom. The van der Waals surface area contributed by atoms with E-state index < -0.39 is 0 Å². The monoisotopic (exact) mass is 252 g/mol. The van der Waals surface area contributed by atoms with E-state index in [1.54, 1.807) is 14.1 Å². The molecule has 2 N–H and O–H groups in total. The van der Waals surface area contributed by atoms with E-state index in [4.69, 9.17) is 0 Å². The first-order valence-corrected chi connectivity index (χ1v) is 5.73. The van der Waals surface area contributed by atoms with Crippen LogP contribution in [0, 0.1) is 6.92 Å². The van der Waals surface area contributed by atoms with Gasteiger partial charge in [0.2, 0.25) is 0 Å². The van der Waals surface area contributed by atoms with Gasteiger partial charge < -0.3 is 5.32 Å². The SMILES string of the molecule is CNc1ncnc(Sc2n[nH]c(=O)n2C)c1C. The van der Waals surface area contributed by atoms with Crippen molar-refractivity contribution in [3.63, 3.8) is 0 Å². The lowest BCUT2D eigenvalue weighted by Crippen LogP contribution is -2.12. The first kappa shape index (κ1) is 11.6. The van der Waals surface area contributed by atoms with Crippen molar-refractivity contribution in [1.82, 2.24) is 24.7 Å². The van der Waals surface area contributed by atoms with Gasteiger partial charge in [-0.3, -0.25) is 4.57 Å². The highest BCUT2D eigenvalue weighted by Gasteiger charge is 2.11. The van der Waals surface area contributed by atoms with Crippen LogP contribution in [-0.4, -0.2) is 31.8 Å². The number of H-pyrrole nitrogens is 1. The summed E-state index contributed by atoms with van der Waals surface area (Å²) in [6.45, 7) is 1.92. The molecular formula is C9H12N6OS. The molecule has 8 heteroatoms. The number of nitrogens with one attached hydrogen (secondary N) is 2. The summed E-state index contributed by atoms with van der Waals surface area (Å²) in [7, 11) is 3.46. The third-order valence-corrected chi connectivity index (χ3v) is 3.45. The number of nitrogens with zero attached hydrogens (tertiary/aromatic N) is 4. The molecule has 2 aromatic heterocycles. The molecule has 0 saturated carbocycles. The second-order valence-corrected chi connectivity index (χ2v) is 4.33. The average molecular weight is 252 g/mol. The summed E-state index contributed by atoms with van der Waals surface area (Å²) < 4.78 is 1.44. The summed E-state index contributed by atoms with van der Waals surface area (Å²) in [5.41, 5.74) is 0.684. The van der Waals surface area contributed by atoms with Crippen LogP contribution >= 0.6 is 11.8 Å². The van der Waals surface area contributed by atoms with Gasteiger partial charge in [0.15, 0.2) is 5.16 Å². The fourth-order valence-corrected chi connectivity index (χ4v) is 2.13. The molecule has 0 aliphatic carbocycles. The molecule has 0 aromatic carbocycles. The van der Waals surface area contributed by atoms with Crippen LogP contribution in [0.5, 0.6) is 0 Å². The zero-order valence-corrected chi connectivity index (χ0v) is 10.5. The highest BCUT2D eigenvalue weighted by Crippen LogP contribution is 2.27. The summed E-state index contributed by atoms with van der Waals surface area (Å²) in [5, 5.41) is 10.6. The minimum absolute atomic E-state index is 0.243. The van der Waals surface area contributed by atoms with Gasteiger partial charge >= 0.3 is 5.69 Å². The molecule has 0 bridgehead atoms. The van der Waals surface area contributed by atoms with E-state index in [0.29, 0.717) is 5.16 Å². The maximum absolute atomic E-state index is 11.2. The number of anilines is 1. The predicted octanol–water partition coefficient (Wildman–Crippen LogP) is 0.400. The van der Waals surface area contributed by atoms with Gasteiger partial charge in [-0.1, -0.05) is 0 Å². The molecule has 17 heavy (non-hydrogen) atoms. The van der Waals surface area contributed by atoms with E-state index in [2.05, 4.69) is 25.5 Å². The van der Waals surface area contributed by atoms with Crippen molar-refractivity contribution < 1.29 is 0 Å². The highest BCUT2D eigenvalue weighted by molar-refractivity contribution is 7.99. The Labute approximate surface area is 102 Å². The fraction of sp³-hybridized carbons (Fsp3) is 0.333. The Morgan fingerprint density at radius 1 is 1.47 bits per heavy atom. The van der Waals surface area contributed by atoms with Gasteiger partial charge in [-0.2, -0.15) is 0 Å². The normalized spacial score (nSPS) is 10.5. The molecule has 0 radical (unpaired) electrons. The molecule has 7 nitrogen and oxygen atoms in total. The van der Waals surface area contributed by atoms with E-state index in [1.165, 1.54) is 22.7 Å². The standard InChI is InChI=1S/C9H12N6OS/c1-5-6(10-2)11-4-12-7(5)17-9-14-13-8(16)15(9)3/h4H,1-3H3,(H,13,16)(H,10,11,12). The minimum atomic E-state index is -0.243. The van der Waals surface area contributed by atoms with Crippen LogP contribution in [0.1, 0.15) is 5.56 Å². The van der Waals surface area contributed by atoms with Crippen LogP contribution in [0.25, 0.3) is 0 Å². The van der Waals surface area contributed by atoms with Crippen molar-refractivity contribution in [2.75, 3.05) is 12.4 Å². The fourth-order valence-electron chi connectivity index (χ4n) is 1.30. The van der Waals surface area contributed by atoms with Gasteiger partial charge in [0.1, 0.15) is 17.2 Å². The molecule has 0 amide bonds. The summed E-state index contributed by atoms with van der Waals surface area (Å²) >= 11 is 1.32. The van der Waals surface area contributed by atoms with Crippen molar-refractivity contribution in [3.05, 3.63) is 22.4 Å². The molecule has 90 valence electrons. The van der Waals surface area contributed by atoms with Crippen LogP contribution < -0.4 is 11.0 Å². The largest absolute Gasteiger partial charge is 0.373 e. The second kappa shape index (κ2) is 4.58. The summed E-state index contributed by atoms with van der Waals surface area (Å²) in [4.78, 5) is 19.5. The summed E-state index contributed by atoms with van der Waals surface area (Å²) in [6.07, 6.45) is 1.48. The molecule has 2 heterocycles. The molecule has 0 aliphatic heterocycles. The van der Waals surface area contributed by atoms with Gasteiger partial charge in [0.25, 0.3) is 0 Å². The number of aromatic amines is 1. The van der Waals surface area contributed by atoms with Crippen LogP contribution in [-0.2, 0) is 7.05 Å². The topological polar surface area (TPSA) is 88.5 Å². The molecule has 2 rings (SSSR count). The molecule has 0 aliphatic rings. The maximum Gasteiger partial charge on any atom is 0.343 e. The number of aromatic nitrogens is 5. The van der Waals surface area contributed by atoms with Crippen molar-refractivity contribution in [2.45, 2.75) is 17.1 Å². The zero-order valence-electron chi connectivity index (χ0n) is 9.68. The first-order chi connectivity index (χ1) is 8.13. The van der Waals surface area contributed by atoms with Gasteiger partial charge in [-0.15, -0.1) is 5.10 Å². The predicted molar refractivity (Wildman–Crippen MR) is 64.3 cm³/mol. The van der Waals surface area contributed by atoms with Crippen molar-refractivity contribution in [3.8, 4) is 0 Å². The Hall–Kier alpha value is -1.83. The van der Waals surface area contributed by atoms with Gasteiger partial charge in [-0.25, -0.2) is 19.9 Å². The number of hydrogen-bond donors (Lipinski definition) is 2. The van der Waals surface area contributed by atoms with Gasteiger partial charge in [0, 0.05) is 19.7 Å². The lowest BCUT2D eigenvalue weighted by molar-refractivity contribution is 0.764. The maximum atomic E-state index is 11.2. The quantitative estimate of drug-likeness (QED) is 0.769. The number of rotatable bonds is 3. The second-order valence-electron chi connectivity index (χ2n) is 3.37. The van der Waals surface area contributed by atoms with E-state index in [9.17, 15) is 4.79 Å². The van der Waals surface area contributed by atoms with Gasteiger partial charge in [-0.05, 0) is 18.7 Å². The third-order valence-electron chi connectivity index (χ3n) is 2.30. The van der Waals surface area contributed by atoms with Crippen LogP contribution in [0.4, 0.5) is 5.82 Å². The van der Waals surface area contributed by atoms with E-state index in [0.717, 1.165) is 16.4 Å². The Bertz CT molecular complexity index is 589. The van der Waals surface area contributed by atoms with Crippen LogP contribution in [0.15, 0.2) is 21.3 Å². The summed E-state index contributed by atoms with van der Waals surface area (Å²) in [6, 6.07) is 0. The number of hydrogen-bond acceptors (Lipinski definition) is 6. The van der Waals surface area contributed by atoms with E-state index in [1.807, 2.05) is 6.92 Å². The van der Waals surface area contributed by atoms with Crippen molar-refractivity contribution in [2.24, 2.45) is 7.05 Å². The lowest BCUT2D eigenvalue weighted by atomic mass is 10.3. The van der Waals surface area contributed by atoms with Crippen molar-refractivity contribution >= 4 is 17.6 Å². The summed E-state index contributed by atoms with van der Waals surface area (Å²) in [5.74, 6) is 0.767. The van der Waals surface area contributed by atoms with E-state index in [-0.39, 0.29) is 5.69 Å². The minimum Gasteiger partial charge on any atom is -0.373 e. The smallest absolute Gasteiger partial charge is 0.343 e. The molecule has 0 spiro atoms. The van der Waals surface area contributed by atoms with Crippen molar-refractivity contribution in [1.29, 1.82) is 0 Å². The average Bonchev–Trinajstić information content (AvgIpc) is 2.64. The molecule has 0 unspecified atom stereocenters. The van der Waals surface area contributed by atoms with Crippen LogP contribution in [0.2, 0.25) is 0 Å². The zero-order chi connectivity index (χ0) is 12.4. The molecule has 0 saturated heterocycles. The Morgan fingerprint density at radius 3 is 2.82 bits per heavy atom. The van der Waals surface area contributed by atoms with E-state index >= 15 is 0 Å². The molecular weight excluding hydrogens is 240 g/mol.